The van der Waals surface area contributed by atoms with Gasteiger partial charge in [0.1, 0.15) is 0 Å². The lowest BCUT2D eigenvalue weighted by atomic mass is 9.95. The van der Waals surface area contributed by atoms with E-state index < -0.39 is 23.1 Å². The Kier molecular flexibility index (Phi) is 3.74. The maximum absolute atomic E-state index is 11.0. The second-order valence-corrected chi connectivity index (χ2v) is 2.53. The number of Topliss-reactive ketones (excluding diaryl/α,β-unsaturated/α-hetero) is 2. The smallest absolute Gasteiger partial charge is 0.351 e. The van der Waals surface area contributed by atoms with Gasteiger partial charge in [-0.2, -0.15) is 0 Å². The van der Waals surface area contributed by atoms with Crippen molar-refractivity contribution in [3.8, 4) is 0 Å². The summed E-state index contributed by atoms with van der Waals surface area (Å²) in [6.45, 7) is 3.55. The Morgan fingerprint density at radius 3 is 1.69 bits per heavy atom. The molecule has 0 aromatic heterocycles. The Balaban J connectivity index is 5.18. The van der Waals surface area contributed by atoms with Crippen molar-refractivity contribution in [1.29, 1.82) is 0 Å². The molecule has 0 amide bonds. The Hall–Kier alpha value is -1.23. The fourth-order valence-corrected chi connectivity index (χ4v) is 1.03. The van der Waals surface area contributed by atoms with Crippen molar-refractivity contribution in [2.45, 2.75) is 26.4 Å². The molecule has 0 unspecified atom stereocenters. The SMILES string of the molecule is CCOC(C(C)=O)(C(C)=O)C(=O)O. The van der Waals surface area contributed by atoms with Gasteiger partial charge in [0.05, 0.1) is 0 Å². The van der Waals surface area contributed by atoms with Crippen molar-refractivity contribution in [3.63, 3.8) is 0 Å². The minimum absolute atomic E-state index is 0.00847. The third kappa shape index (κ3) is 1.92. The molecule has 5 nitrogen and oxygen atoms in total. The van der Waals surface area contributed by atoms with E-state index in [1.54, 1.807) is 0 Å². The highest BCUT2D eigenvalue weighted by Gasteiger charge is 2.49. The van der Waals surface area contributed by atoms with Crippen LogP contribution in [0.15, 0.2) is 0 Å². The first kappa shape index (κ1) is 11.8. The lowest BCUT2D eigenvalue weighted by molar-refractivity contribution is -0.174. The van der Waals surface area contributed by atoms with Crippen LogP contribution in [-0.4, -0.2) is 34.9 Å². The molecule has 0 aromatic carbocycles. The fraction of sp³-hybridized carbons (Fsp3) is 0.625. The standard InChI is InChI=1S/C8H12O5/c1-4-13-8(5(2)9,6(3)10)7(11)12/h4H2,1-3H3,(H,11,12). The third-order valence-corrected chi connectivity index (χ3v) is 1.65. The summed E-state index contributed by atoms with van der Waals surface area (Å²) in [6.07, 6.45) is 0. The first-order valence-electron chi connectivity index (χ1n) is 3.79. The van der Waals surface area contributed by atoms with Crippen LogP contribution in [0, 0.1) is 0 Å². The van der Waals surface area contributed by atoms with Gasteiger partial charge in [-0.1, -0.05) is 0 Å². The minimum Gasteiger partial charge on any atom is -0.478 e. The van der Waals surface area contributed by atoms with Gasteiger partial charge in [0.25, 0.3) is 5.60 Å². The summed E-state index contributed by atoms with van der Waals surface area (Å²) in [5.41, 5.74) is -2.31. The van der Waals surface area contributed by atoms with Crippen LogP contribution in [0.4, 0.5) is 0 Å². The van der Waals surface area contributed by atoms with Gasteiger partial charge < -0.3 is 9.84 Å². The molecule has 5 heteroatoms. The van der Waals surface area contributed by atoms with Gasteiger partial charge in [-0.3, -0.25) is 9.59 Å². The van der Waals surface area contributed by atoms with Crippen LogP contribution >= 0.6 is 0 Å². The van der Waals surface area contributed by atoms with Crippen LogP contribution in [0.25, 0.3) is 0 Å². The number of carbonyl (C=O) groups excluding carboxylic acids is 2. The number of hydrogen-bond acceptors (Lipinski definition) is 4. The molecule has 0 aliphatic carbocycles. The number of ketones is 2. The van der Waals surface area contributed by atoms with Gasteiger partial charge >= 0.3 is 5.97 Å². The van der Waals surface area contributed by atoms with Crippen LogP contribution < -0.4 is 0 Å². The topological polar surface area (TPSA) is 80.7 Å². The lowest BCUT2D eigenvalue weighted by Crippen LogP contribution is -2.53. The molecule has 0 aromatic rings. The van der Waals surface area contributed by atoms with E-state index in [4.69, 9.17) is 9.84 Å². The van der Waals surface area contributed by atoms with E-state index in [2.05, 4.69) is 0 Å². The summed E-state index contributed by atoms with van der Waals surface area (Å²) >= 11 is 0. The van der Waals surface area contributed by atoms with Crippen molar-refractivity contribution in [1.82, 2.24) is 0 Å². The Morgan fingerprint density at radius 2 is 1.62 bits per heavy atom. The number of rotatable bonds is 5. The molecule has 0 heterocycles. The summed E-state index contributed by atoms with van der Waals surface area (Å²) in [4.78, 5) is 32.8. The third-order valence-electron chi connectivity index (χ3n) is 1.65. The van der Waals surface area contributed by atoms with Gasteiger partial charge in [-0.15, -0.1) is 0 Å². The molecular weight excluding hydrogens is 176 g/mol. The van der Waals surface area contributed by atoms with Crippen molar-refractivity contribution < 1.29 is 24.2 Å². The first-order valence-corrected chi connectivity index (χ1v) is 3.79. The minimum atomic E-state index is -2.31. The molecule has 0 saturated heterocycles. The maximum atomic E-state index is 11.0. The molecule has 0 aliphatic heterocycles. The van der Waals surface area contributed by atoms with E-state index in [1.807, 2.05) is 0 Å². The predicted octanol–water partition coefficient (Wildman–Crippen LogP) is 0.0243. The van der Waals surface area contributed by atoms with Gasteiger partial charge in [-0.05, 0) is 20.8 Å². The van der Waals surface area contributed by atoms with Crippen LogP contribution in [0.2, 0.25) is 0 Å². The van der Waals surface area contributed by atoms with Gasteiger partial charge in [0.2, 0.25) is 0 Å². The number of carbonyl (C=O) groups is 3. The highest BCUT2D eigenvalue weighted by atomic mass is 16.5. The van der Waals surface area contributed by atoms with Gasteiger partial charge in [0, 0.05) is 6.61 Å². The molecule has 0 aliphatic rings. The van der Waals surface area contributed by atoms with Crippen LogP contribution in [-0.2, 0) is 19.1 Å². The fourth-order valence-electron chi connectivity index (χ4n) is 1.03. The highest BCUT2D eigenvalue weighted by molar-refractivity contribution is 6.24. The molecule has 0 bridgehead atoms. The first-order chi connectivity index (χ1) is 5.89. The molecule has 0 saturated carbocycles. The van der Waals surface area contributed by atoms with E-state index in [1.165, 1.54) is 6.92 Å². The second kappa shape index (κ2) is 4.13. The zero-order valence-electron chi connectivity index (χ0n) is 7.79. The monoisotopic (exact) mass is 188 g/mol. The number of ether oxygens (including phenoxy) is 1. The molecule has 1 N–H and O–H groups in total. The van der Waals surface area contributed by atoms with Crippen LogP contribution in [0.3, 0.4) is 0 Å². The Labute approximate surface area is 75.7 Å². The Bertz CT molecular complexity index is 207. The second-order valence-electron chi connectivity index (χ2n) is 2.53. The van der Waals surface area contributed by atoms with Gasteiger partial charge in [-0.25, -0.2) is 4.79 Å². The zero-order valence-corrected chi connectivity index (χ0v) is 7.79. The van der Waals surface area contributed by atoms with E-state index in [9.17, 15) is 14.4 Å². The zero-order chi connectivity index (χ0) is 10.6. The normalized spacial score (nSPS) is 11.0. The molecule has 74 valence electrons. The molecule has 13 heavy (non-hydrogen) atoms. The maximum Gasteiger partial charge on any atom is 0.351 e. The summed E-state index contributed by atoms with van der Waals surface area (Å²) < 4.78 is 4.72. The number of carboxylic acids is 1. The number of aliphatic carboxylic acids is 1. The summed E-state index contributed by atoms with van der Waals surface area (Å²) in [5, 5.41) is 8.73. The molecule has 0 spiro atoms. The lowest BCUT2D eigenvalue weighted by Gasteiger charge is -2.22. The van der Waals surface area contributed by atoms with Gasteiger partial charge in [0.15, 0.2) is 11.6 Å². The Morgan fingerprint density at radius 1 is 1.23 bits per heavy atom. The average molecular weight is 188 g/mol. The quantitative estimate of drug-likeness (QED) is 0.615. The molecule has 0 radical (unpaired) electrons. The number of hydrogen-bond donors (Lipinski definition) is 1. The summed E-state index contributed by atoms with van der Waals surface area (Å²) in [6, 6.07) is 0. The predicted molar refractivity (Wildman–Crippen MR) is 43.4 cm³/mol. The molecular formula is C8H12O5. The van der Waals surface area contributed by atoms with Crippen molar-refractivity contribution >= 4 is 17.5 Å². The summed E-state index contributed by atoms with van der Waals surface area (Å²) in [5.74, 6) is -3.18. The largest absolute Gasteiger partial charge is 0.478 e. The number of carboxylic acid groups (broad SMARTS) is 1. The summed E-state index contributed by atoms with van der Waals surface area (Å²) in [7, 11) is 0. The average Bonchev–Trinajstić information content (AvgIpc) is 1.97. The van der Waals surface area contributed by atoms with E-state index in [-0.39, 0.29) is 6.61 Å². The van der Waals surface area contributed by atoms with Crippen LogP contribution in [0.5, 0.6) is 0 Å². The van der Waals surface area contributed by atoms with Crippen molar-refractivity contribution in [2.75, 3.05) is 6.61 Å². The van der Waals surface area contributed by atoms with E-state index in [0.717, 1.165) is 13.8 Å². The molecule has 0 atom stereocenters. The highest BCUT2D eigenvalue weighted by Crippen LogP contribution is 2.14. The van der Waals surface area contributed by atoms with E-state index in [0.29, 0.717) is 0 Å². The molecule has 0 fully saturated rings. The van der Waals surface area contributed by atoms with Crippen molar-refractivity contribution in [2.24, 2.45) is 0 Å². The van der Waals surface area contributed by atoms with Crippen molar-refractivity contribution in [3.05, 3.63) is 0 Å². The van der Waals surface area contributed by atoms with Crippen LogP contribution in [0.1, 0.15) is 20.8 Å². The molecule has 0 rings (SSSR count). The van der Waals surface area contributed by atoms with E-state index >= 15 is 0 Å².